The second-order valence-corrected chi connectivity index (χ2v) is 9.45. The minimum atomic E-state index is -4.47. The molecule has 1 aliphatic carbocycles. The van der Waals surface area contributed by atoms with Gasteiger partial charge in [0.25, 0.3) is 0 Å². The maximum absolute atomic E-state index is 13.3. The van der Waals surface area contributed by atoms with Gasteiger partial charge in [-0.25, -0.2) is 0 Å². The van der Waals surface area contributed by atoms with Crippen molar-refractivity contribution in [1.82, 2.24) is 9.80 Å². The van der Waals surface area contributed by atoms with E-state index in [-0.39, 0.29) is 18.4 Å². The highest BCUT2D eigenvalue weighted by atomic mass is 19.4. The molecule has 4 rings (SSSR count). The quantitative estimate of drug-likeness (QED) is 0.653. The number of ether oxygens (including phenoxy) is 1. The fourth-order valence-electron chi connectivity index (χ4n) is 5.65. The molecule has 0 spiro atoms. The molecule has 2 aliphatic heterocycles. The highest BCUT2D eigenvalue weighted by Gasteiger charge is 2.41. The Morgan fingerprint density at radius 2 is 2.09 bits per heavy atom. The van der Waals surface area contributed by atoms with Crippen LogP contribution in [0, 0.1) is 11.8 Å². The van der Waals surface area contributed by atoms with Crippen molar-refractivity contribution in [1.29, 1.82) is 0 Å². The standard InChI is InChI=1S/C23H33F3N3O3/c1-15-14-32-9-7-20(15)27(2)19-5-4-16(11-19)22(30)28-8-6-21-17(12-28)10-18(23(24,25)26)13-29(21)31-3/h10,13,15-16,19-20H,4-9,11-12,14H2,1-3H3/q+1. The van der Waals surface area contributed by atoms with Gasteiger partial charge in [-0.05, 0) is 44.7 Å². The van der Waals surface area contributed by atoms with Crippen molar-refractivity contribution in [2.75, 3.05) is 33.9 Å². The normalized spacial score (nSPS) is 28.7. The van der Waals surface area contributed by atoms with E-state index in [1.165, 1.54) is 11.8 Å². The summed E-state index contributed by atoms with van der Waals surface area (Å²) in [7, 11) is 3.51. The predicted octanol–water partition coefficient (Wildman–Crippen LogP) is 2.46. The number of carbonyl (C=O) groups excluding carboxylic acids is 1. The second-order valence-electron chi connectivity index (χ2n) is 9.45. The third-order valence-corrected chi connectivity index (χ3v) is 7.49. The van der Waals surface area contributed by atoms with Crippen LogP contribution >= 0.6 is 0 Å². The Bertz CT molecular complexity index is 848. The summed E-state index contributed by atoms with van der Waals surface area (Å²) in [6, 6.07) is 1.98. The molecule has 4 atom stereocenters. The molecule has 0 radical (unpaired) electrons. The Balaban J connectivity index is 1.43. The smallest absolute Gasteiger partial charge is 0.381 e. The average Bonchev–Trinajstić information content (AvgIpc) is 3.27. The van der Waals surface area contributed by atoms with Crippen LogP contribution in [0.25, 0.3) is 0 Å². The average molecular weight is 457 g/mol. The van der Waals surface area contributed by atoms with E-state index in [1.807, 2.05) is 0 Å². The first-order chi connectivity index (χ1) is 15.2. The SMILES string of the molecule is CO[n+]1cc(C(F)(F)F)cc2c1CCN(C(=O)C1CCC(N(C)C3CCOCC3C)C1)C2. The summed E-state index contributed by atoms with van der Waals surface area (Å²) in [5.74, 6) is 0.463. The summed E-state index contributed by atoms with van der Waals surface area (Å²) in [6.07, 6.45) is 0.610. The number of alkyl halides is 3. The molecule has 1 amide bonds. The van der Waals surface area contributed by atoms with E-state index in [0.717, 1.165) is 51.2 Å². The van der Waals surface area contributed by atoms with Crippen LogP contribution in [-0.4, -0.2) is 61.7 Å². The van der Waals surface area contributed by atoms with Crippen LogP contribution in [0.2, 0.25) is 0 Å². The molecule has 3 aliphatic rings. The lowest BCUT2D eigenvalue weighted by Gasteiger charge is -2.39. The van der Waals surface area contributed by atoms with E-state index in [2.05, 4.69) is 18.9 Å². The van der Waals surface area contributed by atoms with Gasteiger partial charge >= 0.3 is 6.18 Å². The van der Waals surface area contributed by atoms with E-state index in [1.54, 1.807) is 4.90 Å². The number of halogens is 3. The molecule has 1 saturated carbocycles. The zero-order chi connectivity index (χ0) is 23.0. The number of pyridine rings is 1. The molecule has 178 valence electrons. The highest BCUT2D eigenvalue weighted by Crippen LogP contribution is 2.35. The van der Waals surface area contributed by atoms with Gasteiger partial charge in [-0.15, -0.1) is 0 Å². The fourth-order valence-corrected chi connectivity index (χ4v) is 5.65. The first kappa shape index (κ1) is 23.3. The number of amides is 1. The van der Waals surface area contributed by atoms with Crippen molar-refractivity contribution >= 4 is 5.91 Å². The Hall–Kier alpha value is -1.87. The lowest BCUT2D eigenvalue weighted by molar-refractivity contribution is -0.891. The first-order valence-corrected chi connectivity index (χ1v) is 11.5. The molecular weight excluding hydrogens is 423 g/mol. The minimum absolute atomic E-state index is 0.0629. The fraction of sp³-hybridized carbons (Fsp3) is 0.739. The summed E-state index contributed by atoms with van der Waals surface area (Å²) in [4.78, 5) is 22.6. The minimum Gasteiger partial charge on any atom is -0.381 e. The van der Waals surface area contributed by atoms with Crippen molar-refractivity contribution < 1.29 is 32.3 Å². The summed E-state index contributed by atoms with van der Waals surface area (Å²) in [5, 5.41) is 0. The van der Waals surface area contributed by atoms with Gasteiger partial charge in [0.05, 0.1) is 19.6 Å². The molecule has 3 heterocycles. The lowest BCUT2D eigenvalue weighted by Crippen LogP contribution is -2.50. The van der Waals surface area contributed by atoms with Gasteiger partial charge in [0.15, 0.2) is 0 Å². The third-order valence-electron chi connectivity index (χ3n) is 7.49. The number of nitrogens with zero attached hydrogens (tertiary/aromatic N) is 3. The molecule has 0 N–H and O–H groups in total. The van der Waals surface area contributed by atoms with Crippen LogP contribution in [0.4, 0.5) is 13.2 Å². The number of rotatable bonds is 4. The van der Waals surface area contributed by atoms with Crippen LogP contribution < -0.4 is 9.57 Å². The number of hydrogen-bond donors (Lipinski definition) is 0. The van der Waals surface area contributed by atoms with Gasteiger partial charge in [0.1, 0.15) is 12.7 Å². The lowest BCUT2D eigenvalue weighted by atomic mass is 9.94. The molecular formula is C23H33F3N3O3+. The van der Waals surface area contributed by atoms with Gasteiger partial charge in [-0.3, -0.25) is 9.63 Å². The van der Waals surface area contributed by atoms with Crippen LogP contribution in [0.1, 0.15) is 49.4 Å². The zero-order valence-corrected chi connectivity index (χ0v) is 19.0. The maximum atomic E-state index is 13.3. The number of aromatic nitrogens is 1. The molecule has 1 saturated heterocycles. The predicted molar refractivity (Wildman–Crippen MR) is 111 cm³/mol. The van der Waals surface area contributed by atoms with Gasteiger partial charge < -0.3 is 14.5 Å². The van der Waals surface area contributed by atoms with Crippen LogP contribution in [0.3, 0.4) is 0 Å². The number of fused-ring (bicyclic) bond motifs is 1. The Morgan fingerprint density at radius 3 is 2.78 bits per heavy atom. The topological polar surface area (TPSA) is 45.9 Å². The van der Waals surface area contributed by atoms with Crippen molar-refractivity contribution in [3.8, 4) is 0 Å². The molecule has 1 aromatic heterocycles. The van der Waals surface area contributed by atoms with Crippen LogP contribution in [0.5, 0.6) is 0 Å². The number of hydrogen-bond acceptors (Lipinski definition) is 4. The Labute approximate surface area is 187 Å². The third kappa shape index (κ3) is 4.59. The van der Waals surface area contributed by atoms with E-state index in [0.29, 0.717) is 42.2 Å². The van der Waals surface area contributed by atoms with Gasteiger partial charge in [-0.1, -0.05) is 6.92 Å². The van der Waals surface area contributed by atoms with Crippen LogP contribution in [0.15, 0.2) is 12.3 Å². The molecule has 6 nitrogen and oxygen atoms in total. The van der Waals surface area contributed by atoms with Crippen molar-refractivity contribution in [2.24, 2.45) is 11.8 Å². The van der Waals surface area contributed by atoms with Crippen molar-refractivity contribution in [3.05, 3.63) is 29.1 Å². The van der Waals surface area contributed by atoms with Gasteiger partial charge in [0, 0.05) is 41.4 Å². The molecule has 2 fully saturated rings. The second kappa shape index (κ2) is 9.17. The summed E-state index contributed by atoms with van der Waals surface area (Å²) in [6.45, 7) is 4.45. The van der Waals surface area contributed by atoms with Crippen molar-refractivity contribution in [2.45, 2.75) is 63.8 Å². The summed E-state index contributed by atoms with van der Waals surface area (Å²) < 4.78 is 46.7. The number of carbonyl (C=O) groups is 1. The molecule has 32 heavy (non-hydrogen) atoms. The maximum Gasteiger partial charge on any atom is 0.422 e. The Morgan fingerprint density at radius 1 is 1.31 bits per heavy atom. The summed E-state index contributed by atoms with van der Waals surface area (Å²) in [5.41, 5.74) is 0.437. The molecule has 4 unspecified atom stereocenters. The van der Waals surface area contributed by atoms with E-state index in [9.17, 15) is 18.0 Å². The van der Waals surface area contributed by atoms with Crippen molar-refractivity contribution in [3.63, 3.8) is 0 Å². The van der Waals surface area contributed by atoms with E-state index in [4.69, 9.17) is 9.57 Å². The first-order valence-electron chi connectivity index (χ1n) is 11.5. The Kier molecular flexibility index (Phi) is 6.68. The summed E-state index contributed by atoms with van der Waals surface area (Å²) >= 11 is 0. The van der Waals surface area contributed by atoms with Gasteiger partial charge in [0.2, 0.25) is 17.8 Å². The molecule has 0 aromatic carbocycles. The van der Waals surface area contributed by atoms with Gasteiger partial charge in [-0.2, -0.15) is 13.2 Å². The molecule has 0 bridgehead atoms. The van der Waals surface area contributed by atoms with E-state index >= 15 is 0 Å². The largest absolute Gasteiger partial charge is 0.422 e. The molecule has 1 aromatic rings. The zero-order valence-electron chi connectivity index (χ0n) is 19.0. The van der Waals surface area contributed by atoms with Crippen LogP contribution in [-0.2, 0) is 28.7 Å². The highest BCUT2D eigenvalue weighted by molar-refractivity contribution is 5.79. The molecule has 9 heteroatoms. The monoisotopic (exact) mass is 456 g/mol. The van der Waals surface area contributed by atoms with E-state index < -0.39 is 11.7 Å².